The molecule has 2 amide bonds. The Morgan fingerprint density at radius 2 is 2.00 bits per heavy atom. The van der Waals surface area contributed by atoms with E-state index in [1.165, 1.54) is 12.1 Å². The number of benzene rings is 1. The molecule has 134 valence electrons. The molecule has 0 atom stereocenters. The minimum absolute atomic E-state index is 0.0713. The molecule has 0 unspecified atom stereocenters. The number of amides is 2. The topological polar surface area (TPSA) is 45.2 Å². The lowest BCUT2D eigenvalue weighted by Gasteiger charge is -2.18. The Morgan fingerprint density at radius 3 is 2.72 bits per heavy atom. The molecule has 0 radical (unpaired) electrons. The molecule has 6 heteroatoms. The fraction of sp³-hybridized carbons (Fsp3) is 0.368. The molecule has 25 heavy (non-hydrogen) atoms. The van der Waals surface area contributed by atoms with Crippen LogP contribution in [0.15, 0.2) is 42.6 Å². The molecule has 0 saturated heterocycles. The van der Waals surface area contributed by atoms with Crippen molar-refractivity contribution in [2.75, 3.05) is 19.3 Å². The molecule has 0 fully saturated rings. The van der Waals surface area contributed by atoms with E-state index in [1.54, 1.807) is 42.0 Å². The van der Waals surface area contributed by atoms with Crippen LogP contribution in [0.3, 0.4) is 0 Å². The number of nitrogens with zero attached hydrogens (tertiary/aromatic N) is 2. The van der Waals surface area contributed by atoms with Crippen LogP contribution in [0.4, 0.5) is 9.18 Å². The summed E-state index contributed by atoms with van der Waals surface area (Å²) in [5.74, 6) is 1.60. The van der Waals surface area contributed by atoms with E-state index in [1.807, 2.05) is 19.1 Å². The molecule has 0 saturated carbocycles. The number of nitrogens with one attached hydrogen (secondary N) is 1. The molecule has 1 aromatic heterocycles. The molecule has 1 aromatic carbocycles. The van der Waals surface area contributed by atoms with E-state index in [2.05, 4.69) is 10.3 Å². The number of aromatic nitrogens is 1. The average molecular weight is 361 g/mol. The SMILES string of the molecule is Cc1cc(CN(C)C(=O)NCCCSCc2ccc(F)cc2)ccn1. The van der Waals surface area contributed by atoms with Crippen molar-refractivity contribution < 1.29 is 9.18 Å². The minimum atomic E-state index is -0.206. The zero-order chi connectivity index (χ0) is 18.1. The maximum absolute atomic E-state index is 12.8. The van der Waals surface area contributed by atoms with Gasteiger partial charge >= 0.3 is 6.03 Å². The van der Waals surface area contributed by atoms with Crippen LogP contribution in [-0.2, 0) is 12.3 Å². The summed E-state index contributed by atoms with van der Waals surface area (Å²) in [6.07, 6.45) is 2.66. The van der Waals surface area contributed by atoms with Crippen molar-refractivity contribution >= 4 is 17.8 Å². The molecular formula is C19H24FN3OS. The molecule has 0 spiro atoms. The number of carbonyl (C=O) groups is 1. The second-order valence-corrected chi connectivity index (χ2v) is 7.03. The van der Waals surface area contributed by atoms with Crippen molar-refractivity contribution in [1.82, 2.24) is 15.2 Å². The van der Waals surface area contributed by atoms with Crippen LogP contribution in [-0.4, -0.2) is 35.3 Å². The molecule has 0 aliphatic rings. The maximum Gasteiger partial charge on any atom is 0.317 e. The Morgan fingerprint density at radius 1 is 1.24 bits per heavy atom. The molecule has 0 aliphatic heterocycles. The molecule has 0 bridgehead atoms. The number of rotatable bonds is 8. The fourth-order valence-electron chi connectivity index (χ4n) is 2.32. The van der Waals surface area contributed by atoms with Gasteiger partial charge in [-0.2, -0.15) is 11.8 Å². The molecule has 0 aliphatic carbocycles. The summed E-state index contributed by atoms with van der Waals surface area (Å²) in [5, 5.41) is 2.93. The lowest BCUT2D eigenvalue weighted by molar-refractivity contribution is 0.207. The van der Waals surface area contributed by atoms with Crippen molar-refractivity contribution in [2.45, 2.75) is 25.6 Å². The van der Waals surface area contributed by atoms with Gasteiger partial charge in [0, 0.05) is 37.8 Å². The van der Waals surface area contributed by atoms with Crippen molar-refractivity contribution in [3.8, 4) is 0 Å². The van der Waals surface area contributed by atoms with E-state index in [-0.39, 0.29) is 11.8 Å². The van der Waals surface area contributed by atoms with Gasteiger partial charge in [0.25, 0.3) is 0 Å². The third-order valence-corrected chi connectivity index (χ3v) is 4.77. The van der Waals surface area contributed by atoms with Gasteiger partial charge in [0.2, 0.25) is 0 Å². The molecule has 4 nitrogen and oxygen atoms in total. The van der Waals surface area contributed by atoms with Gasteiger partial charge in [-0.1, -0.05) is 12.1 Å². The van der Waals surface area contributed by atoms with Crippen LogP contribution in [0.2, 0.25) is 0 Å². The molecule has 2 aromatic rings. The normalized spacial score (nSPS) is 10.5. The zero-order valence-electron chi connectivity index (χ0n) is 14.7. The van der Waals surface area contributed by atoms with Crippen LogP contribution in [0, 0.1) is 12.7 Å². The maximum atomic E-state index is 12.8. The van der Waals surface area contributed by atoms with Gasteiger partial charge < -0.3 is 10.2 Å². The molecule has 1 heterocycles. The van der Waals surface area contributed by atoms with Gasteiger partial charge in [-0.25, -0.2) is 9.18 Å². The Bertz CT molecular complexity index is 679. The summed E-state index contributed by atoms with van der Waals surface area (Å²) >= 11 is 1.78. The first-order valence-electron chi connectivity index (χ1n) is 8.27. The first kappa shape index (κ1) is 19.2. The Hall–Kier alpha value is -2.08. The second kappa shape index (κ2) is 10.0. The number of hydrogen-bond donors (Lipinski definition) is 1. The Labute approximate surface area is 152 Å². The predicted octanol–water partition coefficient (Wildman–Crippen LogP) is 3.99. The van der Waals surface area contributed by atoms with Gasteiger partial charge in [-0.15, -0.1) is 0 Å². The standard InChI is InChI=1S/C19H24FN3OS/c1-15-12-17(8-10-21-15)13-23(2)19(24)22-9-3-11-25-14-16-4-6-18(20)7-5-16/h4-8,10,12H,3,9,11,13-14H2,1-2H3,(H,22,24). The third-order valence-electron chi connectivity index (χ3n) is 3.65. The van der Waals surface area contributed by atoms with Crippen LogP contribution in [0.1, 0.15) is 23.2 Å². The summed E-state index contributed by atoms with van der Waals surface area (Å²) < 4.78 is 12.8. The number of carbonyl (C=O) groups excluding carboxylic acids is 1. The van der Waals surface area contributed by atoms with Crippen molar-refractivity contribution in [3.63, 3.8) is 0 Å². The summed E-state index contributed by atoms with van der Waals surface area (Å²) in [4.78, 5) is 17.9. The highest BCUT2D eigenvalue weighted by Crippen LogP contribution is 2.13. The smallest absolute Gasteiger partial charge is 0.317 e. The highest BCUT2D eigenvalue weighted by molar-refractivity contribution is 7.98. The monoisotopic (exact) mass is 361 g/mol. The van der Waals surface area contributed by atoms with Crippen LogP contribution >= 0.6 is 11.8 Å². The minimum Gasteiger partial charge on any atom is -0.338 e. The van der Waals surface area contributed by atoms with E-state index in [9.17, 15) is 9.18 Å². The number of urea groups is 1. The highest BCUT2D eigenvalue weighted by Gasteiger charge is 2.08. The second-order valence-electron chi connectivity index (χ2n) is 5.93. The molecule has 2 rings (SSSR count). The predicted molar refractivity (Wildman–Crippen MR) is 101 cm³/mol. The van der Waals surface area contributed by atoms with Gasteiger partial charge in [0.1, 0.15) is 5.82 Å². The lowest BCUT2D eigenvalue weighted by Crippen LogP contribution is -2.37. The number of halogens is 1. The van der Waals surface area contributed by atoms with Crippen molar-refractivity contribution in [1.29, 1.82) is 0 Å². The van der Waals surface area contributed by atoms with Gasteiger partial charge in [0.15, 0.2) is 0 Å². The number of hydrogen-bond acceptors (Lipinski definition) is 3. The molecular weight excluding hydrogens is 337 g/mol. The van der Waals surface area contributed by atoms with E-state index in [0.29, 0.717) is 13.1 Å². The quantitative estimate of drug-likeness (QED) is 0.723. The highest BCUT2D eigenvalue weighted by atomic mass is 32.2. The first-order chi connectivity index (χ1) is 12.0. The lowest BCUT2D eigenvalue weighted by atomic mass is 10.2. The number of pyridine rings is 1. The Balaban J connectivity index is 1.59. The van der Waals surface area contributed by atoms with Gasteiger partial charge in [-0.3, -0.25) is 4.98 Å². The molecule has 1 N–H and O–H groups in total. The van der Waals surface area contributed by atoms with Crippen LogP contribution < -0.4 is 5.32 Å². The van der Waals surface area contributed by atoms with Crippen molar-refractivity contribution in [3.05, 3.63) is 65.2 Å². The van der Waals surface area contributed by atoms with E-state index >= 15 is 0 Å². The van der Waals surface area contributed by atoms with E-state index in [4.69, 9.17) is 0 Å². The fourth-order valence-corrected chi connectivity index (χ4v) is 3.24. The summed E-state index contributed by atoms with van der Waals surface area (Å²) in [7, 11) is 1.79. The average Bonchev–Trinajstić information content (AvgIpc) is 2.59. The first-order valence-corrected chi connectivity index (χ1v) is 9.43. The van der Waals surface area contributed by atoms with Gasteiger partial charge in [-0.05, 0) is 54.5 Å². The summed E-state index contributed by atoms with van der Waals surface area (Å²) in [6.45, 7) is 3.15. The van der Waals surface area contributed by atoms with Gasteiger partial charge in [0.05, 0.1) is 0 Å². The van der Waals surface area contributed by atoms with E-state index in [0.717, 1.165) is 34.7 Å². The van der Waals surface area contributed by atoms with E-state index < -0.39 is 0 Å². The third kappa shape index (κ3) is 7.13. The zero-order valence-corrected chi connectivity index (χ0v) is 15.5. The number of aryl methyl sites for hydroxylation is 1. The largest absolute Gasteiger partial charge is 0.338 e. The number of thioether (sulfide) groups is 1. The van der Waals surface area contributed by atoms with Crippen molar-refractivity contribution in [2.24, 2.45) is 0 Å². The summed E-state index contributed by atoms with van der Waals surface area (Å²) in [5.41, 5.74) is 3.13. The van der Waals surface area contributed by atoms with Crippen LogP contribution in [0.5, 0.6) is 0 Å². The summed E-state index contributed by atoms with van der Waals surface area (Å²) in [6, 6.07) is 10.4. The Kier molecular flexibility index (Phi) is 7.73. The van der Waals surface area contributed by atoms with Crippen LogP contribution in [0.25, 0.3) is 0 Å².